The number of nitrogens with two attached hydrogens (primary N) is 1. The average molecular weight is 216 g/mol. The number of methoxy groups -OCH3 is 1. The molecule has 0 aliphatic rings. The van der Waals surface area contributed by atoms with E-state index in [4.69, 9.17) is 10.5 Å². The predicted molar refractivity (Wildman–Crippen MR) is 66.1 cm³/mol. The Morgan fingerprint density at radius 1 is 1.40 bits per heavy atom. The fraction of sp³-hybridized carbons (Fsp3) is 1.00. The van der Waals surface area contributed by atoms with Crippen molar-refractivity contribution < 1.29 is 4.74 Å². The summed E-state index contributed by atoms with van der Waals surface area (Å²) in [7, 11) is 1.75. The fourth-order valence-electron chi connectivity index (χ4n) is 1.50. The normalized spacial score (nSPS) is 17.8. The van der Waals surface area contributed by atoms with Gasteiger partial charge in [0, 0.05) is 31.8 Å². The lowest BCUT2D eigenvalue weighted by Gasteiger charge is -2.35. The Hall–Kier alpha value is -0.120. The first-order valence-corrected chi connectivity index (χ1v) is 5.98. The minimum Gasteiger partial charge on any atom is -0.383 e. The van der Waals surface area contributed by atoms with Gasteiger partial charge in [0.2, 0.25) is 0 Å². The predicted octanol–water partition coefficient (Wildman–Crippen LogP) is 1.86. The summed E-state index contributed by atoms with van der Waals surface area (Å²) >= 11 is 0. The van der Waals surface area contributed by atoms with Crippen LogP contribution in [0.15, 0.2) is 0 Å². The number of rotatable bonds is 8. The van der Waals surface area contributed by atoms with Crippen LogP contribution in [0.2, 0.25) is 0 Å². The highest BCUT2D eigenvalue weighted by Gasteiger charge is 2.22. The second-order valence-corrected chi connectivity index (χ2v) is 4.73. The maximum Gasteiger partial charge on any atom is 0.0589 e. The molecule has 3 nitrogen and oxygen atoms in total. The van der Waals surface area contributed by atoms with Crippen molar-refractivity contribution in [3.8, 4) is 0 Å². The lowest BCUT2D eigenvalue weighted by Crippen LogP contribution is -2.50. The second-order valence-electron chi connectivity index (χ2n) is 4.73. The van der Waals surface area contributed by atoms with Crippen LogP contribution in [0.3, 0.4) is 0 Å². The van der Waals surface area contributed by atoms with Crippen molar-refractivity contribution in [3.05, 3.63) is 0 Å². The Labute approximate surface area is 95.0 Å². The topological polar surface area (TPSA) is 38.5 Å². The third-order valence-electron chi connectivity index (χ3n) is 3.17. The molecule has 92 valence electrons. The maximum absolute atomic E-state index is 6.20. The Morgan fingerprint density at radius 3 is 2.40 bits per heavy atom. The van der Waals surface area contributed by atoms with E-state index in [1.54, 1.807) is 7.11 Å². The highest BCUT2D eigenvalue weighted by Crippen LogP contribution is 2.12. The Kier molecular flexibility index (Phi) is 7.14. The van der Waals surface area contributed by atoms with Gasteiger partial charge in [-0.3, -0.25) is 4.90 Å². The number of hydrogen-bond acceptors (Lipinski definition) is 3. The van der Waals surface area contributed by atoms with Gasteiger partial charge in [-0.25, -0.2) is 0 Å². The minimum atomic E-state index is -0.0861. The fourth-order valence-corrected chi connectivity index (χ4v) is 1.50. The number of ether oxygens (including phenoxy) is 1. The van der Waals surface area contributed by atoms with Crippen LogP contribution in [-0.4, -0.2) is 43.3 Å². The van der Waals surface area contributed by atoms with Crippen LogP contribution in [0.5, 0.6) is 0 Å². The van der Waals surface area contributed by atoms with Crippen molar-refractivity contribution in [1.29, 1.82) is 0 Å². The van der Waals surface area contributed by atoms with E-state index in [-0.39, 0.29) is 5.54 Å². The zero-order valence-electron chi connectivity index (χ0n) is 11.0. The van der Waals surface area contributed by atoms with E-state index in [1.807, 2.05) is 0 Å². The molecule has 0 spiro atoms. The summed E-state index contributed by atoms with van der Waals surface area (Å²) < 4.78 is 5.13. The zero-order valence-corrected chi connectivity index (χ0v) is 11.0. The maximum atomic E-state index is 6.20. The number of hydrogen-bond donors (Lipinski definition) is 1. The zero-order chi connectivity index (χ0) is 11.9. The summed E-state index contributed by atoms with van der Waals surface area (Å²) in [6.07, 6.45) is 2.16. The van der Waals surface area contributed by atoms with Gasteiger partial charge in [0.05, 0.1) is 6.61 Å². The van der Waals surface area contributed by atoms with Crippen molar-refractivity contribution in [1.82, 2.24) is 4.90 Å². The van der Waals surface area contributed by atoms with E-state index in [0.717, 1.165) is 32.5 Å². The van der Waals surface area contributed by atoms with Crippen molar-refractivity contribution in [2.24, 2.45) is 5.73 Å². The lowest BCUT2D eigenvalue weighted by atomic mass is 9.98. The highest BCUT2D eigenvalue weighted by molar-refractivity contribution is 4.83. The summed E-state index contributed by atoms with van der Waals surface area (Å²) in [5, 5.41) is 0. The Morgan fingerprint density at radius 2 is 2.00 bits per heavy atom. The Balaban J connectivity index is 4.23. The van der Waals surface area contributed by atoms with Gasteiger partial charge in [-0.2, -0.15) is 0 Å². The number of nitrogens with zero attached hydrogens (tertiary/aromatic N) is 1. The van der Waals surface area contributed by atoms with Crippen molar-refractivity contribution in [3.63, 3.8) is 0 Å². The molecule has 2 unspecified atom stereocenters. The van der Waals surface area contributed by atoms with Gasteiger partial charge >= 0.3 is 0 Å². The first kappa shape index (κ1) is 14.9. The molecule has 0 rings (SSSR count). The van der Waals surface area contributed by atoms with Gasteiger partial charge < -0.3 is 10.5 Å². The van der Waals surface area contributed by atoms with E-state index in [9.17, 15) is 0 Å². The van der Waals surface area contributed by atoms with Gasteiger partial charge in [-0.05, 0) is 26.7 Å². The van der Waals surface area contributed by atoms with Crippen molar-refractivity contribution >= 4 is 0 Å². The van der Waals surface area contributed by atoms with Crippen LogP contribution < -0.4 is 5.73 Å². The van der Waals surface area contributed by atoms with Crippen molar-refractivity contribution in [2.75, 3.05) is 26.8 Å². The first-order chi connectivity index (χ1) is 6.96. The molecule has 0 aromatic heterocycles. The van der Waals surface area contributed by atoms with Crippen molar-refractivity contribution in [2.45, 2.75) is 52.1 Å². The molecule has 15 heavy (non-hydrogen) atoms. The van der Waals surface area contributed by atoms with E-state index < -0.39 is 0 Å². The lowest BCUT2D eigenvalue weighted by molar-refractivity contribution is 0.104. The quantitative estimate of drug-likeness (QED) is 0.673. The molecule has 0 heterocycles. The molecule has 2 N–H and O–H groups in total. The van der Waals surface area contributed by atoms with E-state index in [0.29, 0.717) is 6.04 Å². The average Bonchev–Trinajstić information content (AvgIpc) is 2.23. The molecular weight excluding hydrogens is 188 g/mol. The third-order valence-corrected chi connectivity index (χ3v) is 3.17. The van der Waals surface area contributed by atoms with Crippen LogP contribution in [-0.2, 0) is 4.74 Å². The molecule has 0 radical (unpaired) electrons. The monoisotopic (exact) mass is 216 g/mol. The van der Waals surface area contributed by atoms with Crippen LogP contribution in [0.4, 0.5) is 0 Å². The summed E-state index contributed by atoms with van der Waals surface area (Å²) in [5.74, 6) is 0. The summed E-state index contributed by atoms with van der Waals surface area (Å²) in [6.45, 7) is 11.4. The van der Waals surface area contributed by atoms with Gasteiger partial charge in [-0.15, -0.1) is 0 Å². The van der Waals surface area contributed by atoms with Crippen LogP contribution in [0.1, 0.15) is 40.5 Å². The van der Waals surface area contributed by atoms with Crippen LogP contribution in [0.25, 0.3) is 0 Å². The molecule has 2 atom stereocenters. The smallest absolute Gasteiger partial charge is 0.0589 e. The molecule has 3 heteroatoms. The van der Waals surface area contributed by atoms with Gasteiger partial charge in [0.25, 0.3) is 0 Å². The molecule has 0 aromatic carbocycles. The molecule has 0 aliphatic heterocycles. The van der Waals surface area contributed by atoms with E-state index in [2.05, 4.69) is 32.6 Å². The third kappa shape index (κ3) is 6.13. The molecule has 0 aliphatic carbocycles. The van der Waals surface area contributed by atoms with E-state index >= 15 is 0 Å². The summed E-state index contributed by atoms with van der Waals surface area (Å²) in [4.78, 5) is 2.42. The molecule has 0 bridgehead atoms. The second kappa shape index (κ2) is 7.20. The molecule has 0 amide bonds. The standard InChI is InChI=1S/C12H28N2O/c1-6-11(3)14(8-9-15-5)10-12(4,13)7-2/h11H,6-10,13H2,1-5H3. The summed E-state index contributed by atoms with van der Waals surface area (Å²) in [6, 6.07) is 0.578. The van der Waals surface area contributed by atoms with Crippen LogP contribution in [0, 0.1) is 0 Å². The molecule has 0 fully saturated rings. The Bertz CT molecular complexity index is 160. The molecular formula is C12H28N2O. The largest absolute Gasteiger partial charge is 0.383 e. The van der Waals surface area contributed by atoms with E-state index in [1.165, 1.54) is 0 Å². The van der Waals surface area contributed by atoms with Crippen LogP contribution >= 0.6 is 0 Å². The minimum absolute atomic E-state index is 0.0861. The van der Waals surface area contributed by atoms with Gasteiger partial charge in [-0.1, -0.05) is 13.8 Å². The molecule has 0 saturated heterocycles. The first-order valence-electron chi connectivity index (χ1n) is 5.98. The SMILES string of the molecule is CCC(C)N(CCOC)CC(C)(N)CC. The van der Waals surface area contributed by atoms with Gasteiger partial charge in [0.15, 0.2) is 0 Å². The van der Waals surface area contributed by atoms with Gasteiger partial charge in [0.1, 0.15) is 0 Å². The molecule has 0 aromatic rings. The summed E-state index contributed by atoms with van der Waals surface area (Å²) in [5.41, 5.74) is 6.11. The highest BCUT2D eigenvalue weighted by atomic mass is 16.5. The molecule has 0 saturated carbocycles.